The minimum atomic E-state index is -0.679. The minimum Gasteiger partial charge on any atom is -0.368 e. The highest BCUT2D eigenvalue weighted by Crippen LogP contribution is 2.40. The van der Waals surface area contributed by atoms with E-state index in [0.29, 0.717) is 36.0 Å². The number of benzene rings is 2. The molecule has 2 aliphatic carbocycles. The molecule has 0 amide bonds. The fourth-order valence-corrected chi connectivity index (χ4v) is 6.27. The minimum absolute atomic E-state index is 0.0751. The van der Waals surface area contributed by atoms with Gasteiger partial charge in [0, 0.05) is 5.56 Å². The van der Waals surface area contributed by atoms with Crippen LogP contribution in [-0.2, 0) is 11.2 Å². The van der Waals surface area contributed by atoms with Crippen LogP contribution in [0.25, 0.3) is 5.57 Å². The summed E-state index contributed by atoms with van der Waals surface area (Å²) in [6.07, 6.45) is 12.8. The van der Waals surface area contributed by atoms with Crippen molar-refractivity contribution in [3.8, 4) is 0 Å². The molecule has 2 fully saturated rings. The van der Waals surface area contributed by atoms with Crippen molar-refractivity contribution in [3.05, 3.63) is 76.1 Å². The second-order valence-electron chi connectivity index (χ2n) is 10.9. The monoisotopic (exact) mass is 482 g/mol. The van der Waals surface area contributed by atoms with Gasteiger partial charge in [-0.25, -0.2) is 13.2 Å². The lowest BCUT2D eigenvalue weighted by Crippen LogP contribution is -2.15. The molecule has 4 heteroatoms. The zero-order valence-electron chi connectivity index (χ0n) is 20.8. The maximum atomic E-state index is 15.0. The van der Waals surface area contributed by atoms with E-state index in [1.807, 2.05) is 12.1 Å². The first-order valence-corrected chi connectivity index (χ1v) is 13.6. The summed E-state index contributed by atoms with van der Waals surface area (Å²) < 4.78 is 49.8. The van der Waals surface area contributed by atoms with Crippen LogP contribution in [0.15, 0.2) is 36.4 Å². The van der Waals surface area contributed by atoms with Crippen molar-refractivity contribution in [2.24, 2.45) is 11.8 Å². The largest absolute Gasteiger partial charge is 0.368 e. The molecule has 35 heavy (non-hydrogen) atoms. The summed E-state index contributed by atoms with van der Waals surface area (Å²) in [5, 5.41) is 0. The molecule has 2 aromatic rings. The summed E-state index contributed by atoms with van der Waals surface area (Å²) in [6.45, 7) is 2.89. The second-order valence-corrected chi connectivity index (χ2v) is 10.9. The van der Waals surface area contributed by atoms with E-state index >= 15 is 0 Å². The van der Waals surface area contributed by atoms with Crippen LogP contribution in [0.3, 0.4) is 0 Å². The number of aryl methyl sites for hydroxylation is 1. The van der Waals surface area contributed by atoms with E-state index in [-0.39, 0.29) is 17.8 Å². The van der Waals surface area contributed by atoms with Crippen molar-refractivity contribution in [3.63, 3.8) is 0 Å². The molecule has 3 aliphatic rings. The van der Waals surface area contributed by atoms with Crippen molar-refractivity contribution in [2.45, 2.75) is 89.6 Å². The highest BCUT2D eigenvalue weighted by molar-refractivity contribution is 5.67. The fraction of sp³-hybridized carbons (Fsp3) is 0.548. The molecule has 0 radical (unpaired) electrons. The van der Waals surface area contributed by atoms with Crippen LogP contribution >= 0.6 is 0 Å². The zero-order valence-corrected chi connectivity index (χ0v) is 20.8. The molecule has 2 aromatic carbocycles. The van der Waals surface area contributed by atoms with Crippen molar-refractivity contribution in [2.75, 3.05) is 6.61 Å². The Balaban J connectivity index is 1.15. The van der Waals surface area contributed by atoms with Gasteiger partial charge in [0.25, 0.3) is 0 Å². The lowest BCUT2D eigenvalue weighted by molar-refractivity contribution is 0.305. The molecule has 1 nitrogen and oxygen atoms in total. The maximum Gasteiger partial charge on any atom is 0.166 e. The van der Waals surface area contributed by atoms with E-state index in [4.69, 9.17) is 4.74 Å². The number of epoxide rings is 1. The molecule has 1 saturated carbocycles. The van der Waals surface area contributed by atoms with Gasteiger partial charge in [-0.3, -0.25) is 0 Å². The standard InChI is InChI=1S/C31H37F3O/c1-2-3-20-4-11-23(12-5-20)27-17-14-24(30(33)31(27)34)13-8-21-6-9-22(10-7-21)26-16-15-25(18-28(26)32)29-19-35-29/h11,14-18,20-22,29H,2-10,12-13,19H2,1H3. The maximum absolute atomic E-state index is 15.0. The molecular formula is C31H37F3O. The van der Waals surface area contributed by atoms with Crippen LogP contribution in [0.2, 0.25) is 0 Å². The Hall–Kier alpha value is -2.07. The topological polar surface area (TPSA) is 12.5 Å². The van der Waals surface area contributed by atoms with Crippen molar-refractivity contribution >= 4 is 5.57 Å². The van der Waals surface area contributed by atoms with E-state index in [0.717, 1.165) is 68.1 Å². The summed E-state index contributed by atoms with van der Waals surface area (Å²) in [7, 11) is 0. The van der Waals surface area contributed by atoms with Gasteiger partial charge < -0.3 is 4.74 Å². The molecule has 0 aromatic heterocycles. The van der Waals surface area contributed by atoms with E-state index < -0.39 is 11.6 Å². The highest BCUT2D eigenvalue weighted by atomic mass is 19.2. The Bertz CT molecular complexity index is 1060. The average Bonchev–Trinajstić information content (AvgIpc) is 3.72. The number of ether oxygens (including phenoxy) is 1. The predicted octanol–water partition coefficient (Wildman–Crippen LogP) is 9.07. The normalized spacial score (nSPS) is 26.5. The second kappa shape index (κ2) is 10.9. The molecule has 2 unspecified atom stereocenters. The number of allylic oxidation sites excluding steroid dienone is 2. The van der Waals surface area contributed by atoms with Gasteiger partial charge in [0.15, 0.2) is 11.6 Å². The van der Waals surface area contributed by atoms with Crippen LogP contribution in [0.1, 0.15) is 105 Å². The quantitative estimate of drug-likeness (QED) is 0.342. The number of hydrogen-bond acceptors (Lipinski definition) is 1. The van der Waals surface area contributed by atoms with Crippen LogP contribution in [0.4, 0.5) is 13.2 Å². The highest BCUT2D eigenvalue weighted by Gasteiger charge is 2.28. The fourth-order valence-electron chi connectivity index (χ4n) is 6.27. The Morgan fingerprint density at radius 3 is 2.34 bits per heavy atom. The first-order chi connectivity index (χ1) is 17.0. The lowest BCUT2D eigenvalue weighted by atomic mass is 9.76. The third-order valence-corrected chi connectivity index (χ3v) is 8.56. The summed E-state index contributed by atoms with van der Waals surface area (Å²) >= 11 is 0. The SMILES string of the molecule is CCCC1CC=C(c2ccc(CCC3CCC(c4ccc(C5CO5)cc4F)CC3)c(F)c2F)CC1. The lowest BCUT2D eigenvalue weighted by Gasteiger charge is -2.29. The first kappa shape index (κ1) is 24.6. The molecule has 0 bridgehead atoms. The molecule has 2 atom stereocenters. The van der Waals surface area contributed by atoms with Gasteiger partial charge in [-0.2, -0.15) is 0 Å². The first-order valence-electron chi connectivity index (χ1n) is 13.6. The predicted molar refractivity (Wildman–Crippen MR) is 135 cm³/mol. The van der Waals surface area contributed by atoms with Gasteiger partial charge in [-0.15, -0.1) is 0 Å². The third kappa shape index (κ3) is 5.69. The smallest absolute Gasteiger partial charge is 0.166 e. The Kier molecular flexibility index (Phi) is 7.67. The van der Waals surface area contributed by atoms with Crippen molar-refractivity contribution in [1.29, 1.82) is 0 Å². The average molecular weight is 483 g/mol. The van der Waals surface area contributed by atoms with Crippen molar-refractivity contribution in [1.82, 2.24) is 0 Å². The Labute approximate surface area is 207 Å². The number of halogens is 3. The van der Waals surface area contributed by atoms with Gasteiger partial charge in [-0.05, 0) is 104 Å². The van der Waals surface area contributed by atoms with Gasteiger partial charge in [0.2, 0.25) is 0 Å². The van der Waals surface area contributed by atoms with E-state index in [1.54, 1.807) is 18.2 Å². The van der Waals surface area contributed by atoms with Crippen LogP contribution in [-0.4, -0.2) is 6.61 Å². The van der Waals surface area contributed by atoms with Crippen molar-refractivity contribution < 1.29 is 17.9 Å². The van der Waals surface area contributed by atoms with Crippen LogP contribution in [0, 0.1) is 29.3 Å². The molecule has 5 rings (SSSR count). The molecule has 0 N–H and O–H groups in total. The van der Waals surface area contributed by atoms with Gasteiger partial charge in [0.1, 0.15) is 11.9 Å². The molecule has 1 saturated heterocycles. The van der Waals surface area contributed by atoms with E-state index in [1.165, 1.54) is 12.8 Å². The summed E-state index contributed by atoms with van der Waals surface area (Å²) in [6, 6.07) is 9.14. The summed E-state index contributed by atoms with van der Waals surface area (Å²) in [5.41, 5.74) is 3.64. The molecule has 0 spiro atoms. The molecule has 188 valence electrons. The van der Waals surface area contributed by atoms with Gasteiger partial charge >= 0.3 is 0 Å². The summed E-state index contributed by atoms with van der Waals surface area (Å²) in [5.74, 6) is -0.0644. The zero-order chi connectivity index (χ0) is 24.4. The van der Waals surface area contributed by atoms with Crippen LogP contribution < -0.4 is 0 Å². The van der Waals surface area contributed by atoms with E-state index in [2.05, 4.69) is 13.0 Å². The van der Waals surface area contributed by atoms with Gasteiger partial charge in [0.05, 0.1) is 6.61 Å². The molecule has 1 heterocycles. The Morgan fingerprint density at radius 1 is 0.886 bits per heavy atom. The molecule has 1 aliphatic heterocycles. The van der Waals surface area contributed by atoms with Gasteiger partial charge in [-0.1, -0.05) is 50.1 Å². The molecular weight excluding hydrogens is 445 g/mol. The van der Waals surface area contributed by atoms with E-state index in [9.17, 15) is 13.2 Å². The Morgan fingerprint density at radius 2 is 1.69 bits per heavy atom. The number of rotatable bonds is 8. The van der Waals surface area contributed by atoms with Crippen LogP contribution in [0.5, 0.6) is 0 Å². The number of hydrogen-bond donors (Lipinski definition) is 0. The summed E-state index contributed by atoms with van der Waals surface area (Å²) in [4.78, 5) is 0. The third-order valence-electron chi connectivity index (χ3n) is 8.56.